The molecule has 20 heavy (non-hydrogen) atoms. The fourth-order valence-corrected chi connectivity index (χ4v) is 3.33. The molecule has 106 valence electrons. The molecule has 0 bridgehead atoms. The normalized spacial score (nSPS) is 11.3. The average Bonchev–Trinajstić information content (AvgIpc) is 2.41. The van der Waals surface area contributed by atoms with Crippen molar-refractivity contribution in [1.82, 2.24) is 0 Å². The maximum atomic E-state index is 12.8. The molecule has 1 N–H and O–H groups in total. The van der Waals surface area contributed by atoms with Gasteiger partial charge in [0, 0.05) is 10.6 Å². The molecule has 0 fully saturated rings. The Balaban J connectivity index is 2.17. The minimum Gasteiger partial charge on any atom is -0.280 e. The largest absolute Gasteiger partial charge is 0.280 e. The van der Waals surface area contributed by atoms with E-state index < -0.39 is 15.8 Å². The summed E-state index contributed by atoms with van der Waals surface area (Å²) in [6, 6.07) is 11.8. The SMILES string of the molecule is CCSc1ccc(NS(=O)(=O)c2ccc(F)cc2)cc1. The Hall–Kier alpha value is -1.53. The lowest BCUT2D eigenvalue weighted by Gasteiger charge is -2.08. The lowest BCUT2D eigenvalue weighted by molar-refractivity contribution is 0.599. The van der Waals surface area contributed by atoms with Gasteiger partial charge in [-0.25, -0.2) is 12.8 Å². The van der Waals surface area contributed by atoms with Crippen LogP contribution in [0.2, 0.25) is 0 Å². The van der Waals surface area contributed by atoms with E-state index in [-0.39, 0.29) is 4.90 Å². The third kappa shape index (κ3) is 3.74. The summed E-state index contributed by atoms with van der Waals surface area (Å²) in [7, 11) is -3.68. The second-order valence-corrected chi connectivity index (χ2v) is 7.04. The number of rotatable bonds is 5. The first kappa shape index (κ1) is 14.9. The van der Waals surface area contributed by atoms with Gasteiger partial charge in [0.15, 0.2) is 0 Å². The quantitative estimate of drug-likeness (QED) is 0.856. The topological polar surface area (TPSA) is 46.2 Å². The van der Waals surface area contributed by atoms with Gasteiger partial charge >= 0.3 is 0 Å². The van der Waals surface area contributed by atoms with Crippen molar-refractivity contribution in [2.75, 3.05) is 10.5 Å². The third-order valence-corrected chi connectivity index (χ3v) is 4.83. The van der Waals surface area contributed by atoms with Crippen LogP contribution in [0.15, 0.2) is 58.3 Å². The smallest absolute Gasteiger partial charge is 0.261 e. The van der Waals surface area contributed by atoms with Crippen LogP contribution in [0.25, 0.3) is 0 Å². The Kier molecular flexibility index (Phi) is 4.67. The zero-order valence-corrected chi connectivity index (χ0v) is 12.5. The molecule has 0 spiro atoms. The Bertz CT molecular complexity index is 667. The number of benzene rings is 2. The van der Waals surface area contributed by atoms with E-state index in [1.807, 2.05) is 12.1 Å². The van der Waals surface area contributed by atoms with Gasteiger partial charge in [0.25, 0.3) is 10.0 Å². The first-order valence-corrected chi connectivity index (χ1v) is 8.49. The molecular weight excluding hydrogens is 297 g/mol. The molecule has 3 nitrogen and oxygen atoms in total. The average molecular weight is 311 g/mol. The second kappa shape index (κ2) is 6.28. The van der Waals surface area contributed by atoms with Crippen molar-refractivity contribution in [3.8, 4) is 0 Å². The zero-order chi connectivity index (χ0) is 14.6. The van der Waals surface area contributed by atoms with Crippen LogP contribution in [0.3, 0.4) is 0 Å². The number of nitrogens with one attached hydrogen (secondary N) is 1. The van der Waals surface area contributed by atoms with E-state index in [1.54, 1.807) is 23.9 Å². The second-order valence-electron chi connectivity index (χ2n) is 4.02. The molecular formula is C14H14FNO2S2. The summed E-state index contributed by atoms with van der Waals surface area (Å²) >= 11 is 1.68. The van der Waals surface area contributed by atoms with Gasteiger partial charge in [-0.05, 0) is 54.3 Å². The van der Waals surface area contributed by atoms with Crippen LogP contribution in [0.5, 0.6) is 0 Å². The number of thioether (sulfide) groups is 1. The minimum absolute atomic E-state index is 0.0332. The van der Waals surface area contributed by atoms with Crippen molar-refractivity contribution in [1.29, 1.82) is 0 Å². The summed E-state index contributed by atoms with van der Waals surface area (Å²) in [6.07, 6.45) is 0. The molecule has 0 amide bonds. The van der Waals surface area contributed by atoms with Crippen LogP contribution in [0.1, 0.15) is 6.92 Å². The van der Waals surface area contributed by atoms with Crippen molar-refractivity contribution < 1.29 is 12.8 Å². The highest BCUT2D eigenvalue weighted by atomic mass is 32.2. The molecule has 0 radical (unpaired) electrons. The lowest BCUT2D eigenvalue weighted by atomic mass is 10.3. The van der Waals surface area contributed by atoms with Gasteiger partial charge in [-0.3, -0.25) is 4.72 Å². The van der Waals surface area contributed by atoms with Crippen LogP contribution < -0.4 is 4.72 Å². The van der Waals surface area contributed by atoms with E-state index in [9.17, 15) is 12.8 Å². The predicted molar refractivity (Wildman–Crippen MR) is 80.0 cm³/mol. The van der Waals surface area contributed by atoms with Gasteiger partial charge < -0.3 is 0 Å². The Morgan fingerprint density at radius 2 is 1.65 bits per heavy atom. The summed E-state index contributed by atoms with van der Waals surface area (Å²) in [6.45, 7) is 2.05. The van der Waals surface area contributed by atoms with Gasteiger partial charge in [-0.1, -0.05) is 6.92 Å². The predicted octanol–water partition coefficient (Wildman–Crippen LogP) is 3.74. The minimum atomic E-state index is -3.68. The Morgan fingerprint density at radius 1 is 1.05 bits per heavy atom. The number of halogens is 1. The molecule has 2 rings (SSSR count). The molecule has 0 aromatic heterocycles. The summed E-state index contributed by atoms with van der Waals surface area (Å²) in [4.78, 5) is 1.11. The Morgan fingerprint density at radius 3 is 2.20 bits per heavy atom. The summed E-state index contributed by atoms with van der Waals surface area (Å²) in [5.74, 6) is 0.491. The highest BCUT2D eigenvalue weighted by Gasteiger charge is 2.13. The van der Waals surface area contributed by atoms with Crippen molar-refractivity contribution in [2.45, 2.75) is 16.7 Å². The van der Waals surface area contributed by atoms with E-state index in [1.165, 1.54) is 12.1 Å². The standard InChI is InChI=1S/C14H14FNO2S2/c1-2-19-13-7-5-12(6-8-13)16-20(17,18)14-9-3-11(15)4-10-14/h3-10,16H,2H2,1H3. The molecule has 6 heteroatoms. The van der Waals surface area contributed by atoms with Crippen molar-refractivity contribution in [3.05, 3.63) is 54.3 Å². The van der Waals surface area contributed by atoms with Crippen LogP contribution in [0.4, 0.5) is 10.1 Å². The van der Waals surface area contributed by atoms with E-state index in [0.29, 0.717) is 5.69 Å². The van der Waals surface area contributed by atoms with Crippen LogP contribution in [-0.2, 0) is 10.0 Å². The van der Waals surface area contributed by atoms with Crippen molar-refractivity contribution in [2.24, 2.45) is 0 Å². The van der Waals surface area contributed by atoms with Crippen molar-refractivity contribution in [3.63, 3.8) is 0 Å². The van der Waals surface area contributed by atoms with Gasteiger partial charge in [0.2, 0.25) is 0 Å². The lowest BCUT2D eigenvalue weighted by Crippen LogP contribution is -2.12. The molecule has 0 aliphatic carbocycles. The maximum Gasteiger partial charge on any atom is 0.261 e. The molecule has 0 aliphatic heterocycles. The van der Waals surface area contributed by atoms with Gasteiger partial charge in [-0.15, -0.1) is 11.8 Å². The van der Waals surface area contributed by atoms with Crippen LogP contribution in [-0.4, -0.2) is 14.2 Å². The fraction of sp³-hybridized carbons (Fsp3) is 0.143. The van der Waals surface area contributed by atoms with Crippen molar-refractivity contribution >= 4 is 27.5 Å². The van der Waals surface area contributed by atoms with E-state index in [0.717, 1.165) is 22.8 Å². The first-order chi connectivity index (χ1) is 9.51. The molecule has 0 saturated carbocycles. The van der Waals surface area contributed by atoms with Crippen LogP contribution in [0, 0.1) is 5.82 Å². The molecule has 0 aliphatic rings. The number of hydrogen-bond donors (Lipinski definition) is 1. The number of hydrogen-bond acceptors (Lipinski definition) is 3. The fourth-order valence-electron chi connectivity index (χ4n) is 1.61. The van der Waals surface area contributed by atoms with E-state index >= 15 is 0 Å². The highest BCUT2D eigenvalue weighted by Crippen LogP contribution is 2.21. The number of anilines is 1. The monoisotopic (exact) mass is 311 g/mol. The molecule has 2 aromatic carbocycles. The Labute approximate surface area is 122 Å². The van der Waals surface area contributed by atoms with Gasteiger partial charge in [-0.2, -0.15) is 0 Å². The zero-order valence-electron chi connectivity index (χ0n) is 10.8. The summed E-state index contributed by atoms with van der Waals surface area (Å²) in [5, 5.41) is 0. The number of sulfonamides is 1. The van der Waals surface area contributed by atoms with E-state index in [4.69, 9.17) is 0 Å². The summed E-state index contributed by atoms with van der Waals surface area (Å²) in [5.41, 5.74) is 0.481. The molecule has 2 aromatic rings. The van der Waals surface area contributed by atoms with Gasteiger partial charge in [0.1, 0.15) is 5.82 Å². The van der Waals surface area contributed by atoms with Gasteiger partial charge in [0.05, 0.1) is 4.90 Å². The van der Waals surface area contributed by atoms with E-state index in [2.05, 4.69) is 11.6 Å². The molecule has 0 unspecified atom stereocenters. The first-order valence-electron chi connectivity index (χ1n) is 6.02. The van der Waals surface area contributed by atoms with Crippen LogP contribution >= 0.6 is 11.8 Å². The summed E-state index contributed by atoms with van der Waals surface area (Å²) < 4.78 is 39.4. The molecule has 0 atom stereocenters. The molecule has 0 saturated heterocycles. The highest BCUT2D eigenvalue weighted by molar-refractivity contribution is 7.99. The maximum absolute atomic E-state index is 12.8. The molecule has 0 heterocycles. The third-order valence-electron chi connectivity index (χ3n) is 2.54.